The Hall–Kier alpha value is -1.92. The fourth-order valence-electron chi connectivity index (χ4n) is 1.78. The van der Waals surface area contributed by atoms with E-state index in [0.717, 1.165) is 4.90 Å². The zero-order valence-corrected chi connectivity index (χ0v) is 9.32. The monoisotopic (exact) mass is 240 g/mol. The maximum Gasteiger partial charge on any atom is 0.331 e. The molecule has 0 bridgehead atoms. The van der Waals surface area contributed by atoms with Gasteiger partial charge in [-0.05, 0) is 19.8 Å². The van der Waals surface area contributed by atoms with Gasteiger partial charge in [-0.25, -0.2) is 4.79 Å². The van der Waals surface area contributed by atoms with Gasteiger partial charge in [0.1, 0.15) is 12.0 Å². The molecule has 7 heteroatoms. The van der Waals surface area contributed by atoms with Gasteiger partial charge in [0, 0.05) is 0 Å². The van der Waals surface area contributed by atoms with E-state index in [1.165, 1.54) is 0 Å². The molecule has 1 heterocycles. The van der Waals surface area contributed by atoms with Crippen LogP contribution in [0.1, 0.15) is 19.8 Å². The van der Waals surface area contributed by atoms with Gasteiger partial charge in [0.15, 0.2) is 0 Å². The molecular weight excluding hydrogens is 228 g/mol. The maximum absolute atomic E-state index is 11.9. The molecule has 1 spiro atoms. The Labute approximate surface area is 97.1 Å². The highest BCUT2D eigenvalue weighted by Crippen LogP contribution is 2.48. The lowest BCUT2D eigenvalue weighted by atomic mass is 10.0. The third-order valence-corrected chi connectivity index (χ3v) is 2.90. The molecule has 1 aliphatic heterocycles. The largest absolute Gasteiger partial charge is 0.465 e. The Morgan fingerprint density at radius 3 is 2.59 bits per heavy atom. The smallest absolute Gasteiger partial charge is 0.331 e. The molecule has 17 heavy (non-hydrogen) atoms. The normalized spacial score (nSPS) is 21.5. The Bertz CT molecular complexity index is 413. The molecule has 0 radical (unpaired) electrons. The Morgan fingerprint density at radius 2 is 2.06 bits per heavy atom. The summed E-state index contributed by atoms with van der Waals surface area (Å²) in [5, 5.41) is 2.08. The first-order valence-corrected chi connectivity index (χ1v) is 5.34. The first-order chi connectivity index (χ1) is 8.01. The SMILES string of the molecule is CCOC(=O)CN1C(=O)NC(=O)C2(CC2)C1=O. The number of amides is 4. The number of rotatable bonds is 3. The highest BCUT2D eigenvalue weighted by molar-refractivity contribution is 6.21. The number of urea groups is 1. The molecular formula is C10H12N2O5. The van der Waals surface area contributed by atoms with E-state index in [2.05, 4.69) is 10.1 Å². The summed E-state index contributed by atoms with van der Waals surface area (Å²) in [5.74, 6) is -1.83. The summed E-state index contributed by atoms with van der Waals surface area (Å²) in [6.07, 6.45) is 0.842. The zero-order valence-electron chi connectivity index (χ0n) is 9.32. The molecule has 1 saturated heterocycles. The summed E-state index contributed by atoms with van der Waals surface area (Å²) in [6, 6.07) is -0.856. The van der Waals surface area contributed by atoms with Crippen LogP contribution in [0.15, 0.2) is 0 Å². The van der Waals surface area contributed by atoms with Crippen molar-refractivity contribution in [3.63, 3.8) is 0 Å². The quantitative estimate of drug-likeness (QED) is 0.525. The lowest BCUT2D eigenvalue weighted by Crippen LogP contribution is -2.60. The van der Waals surface area contributed by atoms with E-state index in [1.807, 2.05) is 0 Å². The van der Waals surface area contributed by atoms with Crippen molar-refractivity contribution in [2.75, 3.05) is 13.2 Å². The van der Waals surface area contributed by atoms with E-state index in [-0.39, 0.29) is 6.61 Å². The van der Waals surface area contributed by atoms with Gasteiger partial charge in [-0.3, -0.25) is 24.6 Å². The molecule has 1 N–H and O–H groups in total. The highest BCUT2D eigenvalue weighted by atomic mass is 16.5. The fraction of sp³-hybridized carbons (Fsp3) is 0.600. The maximum atomic E-state index is 11.9. The summed E-state index contributed by atoms with van der Waals surface area (Å²) in [7, 11) is 0. The van der Waals surface area contributed by atoms with Crippen molar-refractivity contribution in [2.24, 2.45) is 5.41 Å². The summed E-state index contributed by atoms with van der Waals surface area (Å²) in [4.78, 5) is 46.8. The topological polar surface area (TPSA) is 92.8 Å². The van der Waals surface area contributed by atoms with Crippen LogP contribution in [0.25, 0.3) is 0 Å². The molecule has 0 aromatic heterocycles. The van der Waals surface area contributed by atoms with Crippen LogP contribution in [0.2, 0.25) is 0 Å². The first-order valence-electron chi connectivity index (χ1n) is 5.34. The van der Waals surface area contributed by atoms with E-state index in [4.69, 9.17) is 0 Å². The van der Waals surface area contributed by atoms with Gasteiger partial charge >= 0.3 is 12.0 Å². The second kappa shape index (κ2) is 3.83. The molecule has 2 aliphatic rings. The Morgan fingerprint density at radius 1 is 1.41 bits per heavy atom. The van der Waals surface area contributed by atoms with Gasteiger partial charge < -0.3 is 4.74 Å². The van der Waals surface area contributed by atoms with Crippen molar-refractivity contribution < 1.29 is 23.9 Å². The number of barbiturate groups is 1. The van der Waals surface area contributed by atoms with Crippen molar-refractivity contribution >= 4 is 23.8 Å². The highest BCUT2D eigenvalue weighted by Gasteiger charge is 2.62. The summed E-state index contributed by atoms with van der Waals surface area (Å²) >= 11 is 0. The number of carbonyl (C=O) groups excluding carboxylic acids is 4. The molecule has 1 aliphatic carbocycles. The van der Waals surface area contributed by atoms with Gasteiger partial charge in [-0.15, -0.1) is 0 Å². The van der Waals surface area contributed by atoms with Crippen molar-refractivity contribution in [1.29, 1.82) is 0 Å². The molecule has 0 aromatic rings. The predicted molar refractivity (Wildman–Crippen MR) is 53.6 cm³/mol. The van der Waals surface area contributed by atoms with Crippen LogP contribution in [0.5, 0.6) is 0 Å². The minimum atomic E-state index is -1.11. The zero-order chi connectivity index (χ0) is 12.6. The second-order valence-corrected chi connectivity index (χ2v) is 4.04. The van der Waals surface area contributed by atoms with E-state index in [0.29, 0.717) is 12.8 Å². The Balaban J connectivity index is 2.11. The molecule has 2 fully saturated rings. The molecule has 0 atom stereocenters. The van der Waals surface area contributed by atoms with Crippen LogP contribution in [-0.4, -0.2) is 41.9 Å². The molecule has 0 aromatic carbocycles. The number of imide groups is 2. The van der Waals surface area contributed by atoms with E-state index in [1.54, 1.807) is 6.92 Å². The van der Waals surface area contributed by atoms with Gasteiger partial charge in [0.25, 0.3) is 0 Å². The number of nitrogens with zero attached hydrogens (tertiary/aromatic N) is 1. The third kappa shape index (κ3) is 1.77. The van der Waals surface area contributed by atoms with Crippen LogP contribution >= 0.6 is 0 Å². The number of hydrogen-bond donors (Lipinski definition) is 1. The molecule has 0 unspecified atom stereocenters. The number of carbonyl (C=O) groups is 4. The molecule has 4 amide bonds. The van der Waals surface area contributed by atoms with Crippen molar-refractivity contribution in [3.8, 4) is 0 Å². The number of ether oxygens (including phenoxy) is 1. The van der Waals surface area contributed by atoms with E-state index < -0.39 is 35.8 Å². The third-order valence-electron chi connectivity index (χ3n) is 2.90. The van der Waals surface area contributed by atoms with Crippen molar-refractivity contribution in [3.05, 3.63) is 0 Å². The Kier molecular flexibility index (Phi) is 2.60. The van der Waals surface area contributed by atoms with Crippen LogP contribution in [0.4, 0.5) is 4.79 Å². The van der Waals surface area contributed by atoms with Crippen LogP contribution in [0.3, 0.4) is 0 Å². The van der Waals surface area contributed by atoms with E-state index >= 15 is 0 Å². The summed E-state index contributed by atoms with van der Waals surface area (Å²) in [6.45, 7) is 1.35. The van der Waals surface area contributed by atoms with Crippen LogP contribution in [-0.2, 0) is 19.1 Å². The minimum Gasteiger partial charge on any atom is -0.465 e. The number of hydrogen-bond acceptors (Lipinski definition) is 5. The standard InChI is InChI=1S/C10H12N2O5/c1-2-17-6(13)5-12-8(15)10(3-4-10)7(14)11-9(12)16/h2-5H2,1H3,(H,11,14,16). The predicted octanol–water partition coefficient (Wildman–Crippen LogP) is -0.592. The summed E-state index contributed by atoms with van der Waals surface area (Å²) < 4.78 is 4.66. The first kappa shape index (κ1) is 11.6. The molecule has 1 saturated carbocycles. The van der Waals surface area contributed by atoms with Crippen LogP contribution in [0, 0.1) is 5.41 Å². The van der Waals surface area contributed by atoms with Gasteiger partial charge in [0.2, 0.25) is 11.8 Å². The van der Waals surface area contributed by atoms with Gasteiger partial charge in [-0.2, -0.15) is 0 Å². The number of esters is 1. The number of nitrogens with one attached hydrogen (secondary N) is 1. The van der Waals surface area contributed by atoms with Crippen molar-refractivity contribution in [2.45, 2.75) is 19.8 Å². The minimum absolute atomic E-state index is 0.173. The van der Waals surface area contributed by atoms with Crippen LogP contribution < -0.4 is 5.32 Å². The lowest BCUT2D eigenvalue weighted by Gasteiger charge is -2.29. The van der Waals surface area contributed by atoms with Crippen molar-refractivity contribution in [1.82, 2.24) is 10.2 Å². The van der Waals surface area contributed by atoms with E-state index in [9.17, 15) is 19.2 Å². The lowest BCUT2D eigenvalue weighted by molar-refractivity contribution is -0.152. The molecule has 7 nitrogen and oxygen atoms in total. The second-order valence-electron chi connectivity index (χ2n) is 4.04. The van der Waals surface area contributed by atoms with Gasteiger partial charge in [0.05, 0.1) is 6.61 Å². The fourth-order valence-corrected chi connectivity index (χ4v) is 1.78. The average molecular weight is 240 g/mol. The van der Waals surface area contributed by atoms with Gasteiger partial charge in [-0.1, -0.05) is 0 Å². The molecule has 92 valence electrons. The average Bonchev–Trinajstić information content (AvgIpc) is 3.04. The summed E-state index contributed by atoms with van der Waals surface area (Å²) in [5.41, 5.74) is -1.11. The molecule has 2 rings (SSSR count).